The third-order valence-corrected chi connectivity index (χ3v) is 7.04. The van der Waals surface area contributed by atoms with Crippen molar-refractivity contribution >= 4 is 32.9 Å². The van der Waals surface area contributed by atoms with Gasteiger partial charge >= 0.3 is 0 Å². The zero-order valence-electron chi connectivity index (χ0n) is 17.6. The van der Waals surface area contributed by atoms with Gasteiger partial charge in [-0.3, -0.25) is 4.79 Å². The molecular formula is C21H22FN5O3S2. The van der Waals surface area contributed by atoms with Gasteiger partial charge < -0.3 is 10.2 Å². The number of hydrogen-bond donors (Lipinski definition) is 1. The van der Waals surface area contributed by atoms with E-state index >= 15 is 0 Å². The number of likely N-dealkylation sites (tertiary alicyclic amines) is 1. The maximum atomic E-state index is 13.4. The molecule has 1 aliphatic rings. The first-order valence-corrected chi connectivity index (χ1v) is 12.7. The largest absolute Gasteiger partial charge is 0.368 e. The number of carbonyl (C=O) groups excluding carboxylic acids is 1. The predicted molar refractivity (Wildman–Crippen MR) is 120 cm³/mol. The molecule has 1 aliphatic heterocycles. The Morgan fingerprint density at radius 1 is 1.25 bits per heavy atom. The topological polar surface area (TPSA) is 105 Å². The summed E-state index contributed by atoms with van der Waals surface area (Å²) in [6, 6.07) is 7.53. The lowest BCUT2D eigenvalue weighted by atomic mass is 10.1. The van der Waals surface area contributed by atoms with Crippen LogP contribution in [0.2, 0.25) is 0 Å². The fraction of sp³-hybridized carbons (Fsp3) is 0.333. The summed E-state index contributed by atoms with van der Waals surface area (Å²) in [5, 5.41) is 3.64. The molecule has 1 aromatic carbocycles. The summed E-state index contributed by atoms with van der Waals surface area (Å²) >= 11 is 1.41. The highest BCUT2D eigenvalue weighted by Crippen LogP contribution is 2.32. The van der Waals surface area contributed by atoms with Crippen LogP contribution in [0.4, 0.5) is 10.2 Å². The van der Waals surface area contributed by atoms with Crippen LogP contribution in [0, 0.1) is 12.7 Å². The zero-order chi connectivity index (χ0) is 22.9. The van der Waals surface area contributed by atoms with E-state index in [1.165, 1.54) is 29.7 Å². The van der Waals surface area contributed by atoms with Crippen LogP contribution < -0.4 is 5.32 Å². The second-order valence-electron chi connectivity index (χ2n) is 7.59. The van der Waals surface area contributed by atoms with Crippen LogP contribution >= 0.6 is 11.3 Å². The average molecular weight is 476 g/mol. The van der Waals surface area contributed by atoms with Gasteiger partial charge in [0.05, 0.1) is 9.88 Å². The van der Waals surface area contributed by atoms with Crippen molar-refractivity contribution in [3.8, 4) is 10.4 Å². The molecule has 1 atom stereocenters. The predicted octanol–water partition coefficient (Wildman–Crippen LogP) is 3.17. The van der Waals surface area contributed by atoms with E-state index in [4.69, 9.17) is 0 Å². The van der Waals surface area contributed by atoms with Gasteiger partial charge in [-0.05, 0) is 43.5 Å². The lowest BCUT2D eigenvalue weighted by molar-refractivity contribution is 0.0739. The van der Waals surface area contributed by atoms with Gasteiger partial charge in [-0.25, -0.2) is 27.8 Å². The van der Waals surface area contributed by atoms with Crippen molar-refractivity contribution in [2.45, 2.75) is 31.0 Å². The first-order valence-electron chi connectivity index (χ1n) is 10.0. The molecule has 1 saturated heterocycles. The molecule has 0 spiro atoms. The number of rotatable bonds is 6. The molecule has 0 aliphatic carbocycles. The van der Waals surface area contributed by atoms with Crippen LogP contribution in [-0.4, -0.2) is 59.6 Å². The number of aryl methyl sites for hydroxylation is 1. The SMILES string of the molecule is Cc1nc(C(=O)N2CCC[C@H]2CNc2ccnc(S(C)(=O)=O)n2)c(-c2ccc(F)cc2)s1. The Balaban J connectivity index is 1.52. The maximum Gasteiger partial charge on any atom is 0.274 e. The van der Waals surface area contributed by atoms with E-state index in [0.717, 1.165) is 34.5 Å². The van der Waals surface area contributed by atoms with Crippen LogP contribution in [0.1, 0.15) is 28.3 Å². The lowest BCUT2D eigenvalue weighted by Gasteiger charge is -2.25. The second kappa shape index (κ2) is 8.91. The summed E-state index contributed by atoms with van der Waals surface area (Å²) in [6.45, 7) is 2.86. The van der Waals surface area contributed by atoms with Crippen LogP contribution in [0.5, 0.6) is 0 Å². The fourth-order valence-electron chi connectivity index (χ4n) is 3.66. The van der Waals surface area contributed by atoms with Crippen LogP contribution in [0.15, 0.2) is 41.7 Å². The highest BCUT2D eigenvalue weighted by atomic mass is 32.2. The van der Waals surface area contributed by atoms with Gasteiger partial charge in [-0.2, -0.15) is 0 Å². The summed E-state index contributed by atoms with van der Waals surface area (Å²) in [6.07, 6.45) is 4.09. The quantitative estimate of drug-likeness (QED) is 0.546. The zero-order valence-corrected chi connectivity index (χ0v) is 19.2. The van der Waals surface area contributed by atoms with Crippen LogP contribution in [0.3, 0.4) is 0 Å². The molecule has 1 fully saturated rings. The highest BCUT2D eigenvalue weighted by molar-refractivity contribution is 7.90. The number of sulfone groups is 1. The van der Waals surface area contributed by atoms with Gasteiger partial charge in [0.2, 0.25) is 15.0 Å². The van der Waals surface area contributed by atoms with Crippen molar-refractivity contribution in [3.05, 3.63) is 53.0 Å². The molecule has 1 N–H and O–H groups in total. The standard InChI is InChI=1S/C21H22FN5O3S2/c1-13-25-18(19(31-13)14-5-7-15(22)8-6-14)20(28)27-11-3-4-16(27)12-24-17-9-10-23-21(26-17)32(2,29)30/h5-10,16H,3-4,11-12H2,1-2H3,(H,23,24,26)/t16-/m0/s1. The lowest BCUT2D eigenvalue weighted by Crippen LogP contribution is -2.40. The van der Waals surface area contributed by atoms with E-state index in [2.05, 4.69) is 20.3 Å². The van der Waals surface area contributed by atoms with Crippen molar-refractivity contribution in [1.82, 2.24) is 19.9 Å². The molecule has 0 saturated carbocycles. The molecule has 2 aromatic heterocycles. The molecule has 168 valence electrons. The molecule has 3 aromatic rings. The molecule has 0 bridgehead atoms. The van der Waals surface area contributed by atoms with Gasteiger partial charge in [-0.1, -0.05) is 12.1 Å². The van der Waals surface area contributed by atoms with Gasteiger partial charge in [0.1, 0.15) is 17.3 Å². The van der Waals surface area contributed by atoms with Crippen LogP contribution in [-0.2, 0) is 9.84 Å². The highest BCUT2D eigenvalue weighted by Gasteiger charge is 2.32. The van der Waals surface area contributed by atoms with E-state index in [0.29, 0.717) is 24.6 Å². The molecular weight excluding hydrogens is 453 g/mol. The minimum absolute atomic E-state index is 0.0952. The third kappa shape index (κ3) is 4.78. The Kier molecular flexibility index (Phi) is 6.20. The number of amides is 1. The number of thiazole rings is 1. The maximum absolute atomic E-state index is 13.4. The Bertz CT molecular complexity index is 1240. The summed E-state index contributed by atoms with van der Waals surface area (Å²) < 4.78 is 36.7. The van der Waals surface area contributed by atoms with E-state index in [9.17, 15) is 17.6 Å². The third-order valence-electron chi connectivity index (χ3n) is 5.17. The van der Waals surface area contributed by atoms with E-state index < -0.39 is 9.84 Å². The molecule has 3 heterocycles. The van der Waals surface area contributed by atoms with E-state index in [-0.39, 0.29) is 22.9 Å². The number of anilines is 1. The Morgan fingerprint density at radius 3 is 2.72 bits per heavy atom. The smallest absolute Gasteiger partial charge is 0.274 e. The number of aromatic nitrogens is 3. The number of hydrogen-bond acceptors (Lipinski definition) is 8. The Morgan fingerprint density at radius 2 is 2.00 bits per heavy atom. The van der Waals surface area contributed by atoms with Crippen molar-refractivity contribution in [2.24, 2.45) is 0 Å². The summed E-state index contributed by atoms with van der Waals surface area (Å²) in [5.74, 6) is -0.119. The monoisotopic (exact) mass is 475 g/mol. The van der Waals surface area contributed by atoms with Gasteiger partial charge in [0, 0.05) is 31.6 Å². The average Bonchev–Trinajstić information content (AvgIpc) is 3.38. The van der Waals surface area contributed by atoms with Crippen molar-refractivity contribution in [3.63, 3.8) is 0 Å². The second-order valence-corrected chi connectivity index (χ2v) is 10.7. The molecule has 8 nitrogen and oxygen atoms in total. The molecule has 1 amide bonds. The van der Waals surface area contributed by atoms with Gasteiger partial charge in [-0.15, -0.1) is 11.3 Å². The Labute approximate surface area is 189 Å². The number of halogens is 1. The first kappa shape index (κ1) is 22.3. The summed E-state index contributed by atoms with van der Waals surface area (Å²) in [4.78, 5) is 28.2. The molecule has 0 unspecified atom stereocenters. The van der Waals surface area contributed by atoms with Crippen molar-refractivity contribution < 1.29 is 17.6 Å². The normalized spacial score (nSPS) is 16.3. The Hall–Kier alpha value is -2.92. The first-order chi connectivity index (χ1) is 15.2. The van der Waals surface area contributed by atoms with Gasteiger partial charge in [0.15, 0.2) is 0 Å². The molecule has 32 heavy (non-hydrogen) atoms. The number of nitrogens with one attached hydrogen (secondary N) is 1. The number of carbonyl (C=O) groups is 1. The van der Waals surface area contributed by atoms with Gasteiger partial charge in [0.25, 0.3) is 5.91 Å². The van der Waals surface area contributed by atoms with Crippen LogP contribution in [0.25, 0.3) is 10.4 Å². The van der Waals surface area contributed by atoms with Crippen molar-refractivity contribution in [1.29, 1.82) is 0 Å². The molecule has 11 heteroatoms. The van der Waals surface area contributed by atoms with E-state index in [1.807, 2.05) is 6.92 Å². The summed E-state index contributed by atoms with van der Waals surface area (Å²) in [5.41, 5.74) is 1.12. The van der Waals surface area contributed by atoms with E-state index in [1.54, 1.807) is 23.1 Å². The van der Waals surface area contributed by atoms with Crippen molar-refractivity contribution in [2.75, 3.05) is 24.7 Å². The number of nitrogens with zero attached hydrogens (tertiary/aromatic N) is 4. The molecule has 4 rings (SSSR count). The number of benzene rings is 1. The molecule has 0 radical (unpaired) electrons. The fourth-order valence-corrected chi connectivity index (χ4v) is 5.09. The minimum Gasteiger partial charge on any atom is -0.368 e. The minimum atomic E-state index is -3.51. The summed E-state index contributed by atoms with van der Waals surface area (Å²) in [7, 11) is -3.51.